The van der Waals surface area contributed by atoms with Gasteiger partial charge in [0.25, 0.3) is 0 Å². The van der Waals surface area contributed by atoms with Crippen LogP contribution in [0, 0.1) is 0 Å². The van der Waals surface area contributed by atoms with Crippen LogP contribution in [0.5, 0.6) is 0 Å². The standard InChI is InChI=1S/C11H14N6O/c1-9(18)12-6-7-13-10-3-4-11(16-15-10)17-8-2-5-14-17/h2-5,8H,6-7H2,1H3,(H,12,18)(H,13,15). The third kappa shape index (κ3) is 3.27. The van der Waals surface area contributed by atoms with Gasteiger partial charge in [0.15, 0.2) is 5.82 Å². The number of aromatic nitrogens is 4. The number of nitrogens with one attached hydrogen (secondary N) is 2. The van der Waals surface area contributed by atoms with Gasteiger partial charge in [-0.25, -0.2) is 4.68 Å². The molecule has 0 aliphatic carbocycles. The highest BCUT2D eigenvalue weighted by Crippen LogP contribution is 2.04. The summed E-state index contributed by atoms with van der Waals surface area (Å²) < 4.78 is 1.63. The maximum Gasteiger partial charge on any atom is 0.216 e. The summed E-state index contributed by atoms with van der Waals surface area (Å²) in [7, 11) is 0. The molecule has 0 aliphatic rings. The lowest BCUT2D eigenvalue weighted by Crippen LogP contribution is -2.26. The van der Waals surface area contributed by atoms with Crippen molar-refractivity contribution in [3.05, 3.63) is 30.6 Å². The SMILES string of the molecule is CC(=O)NCCNc1ccc(-n2cccn2)nn1. The van der Waals surface area contributed by atoms with Gasteiger partial charge in [0.2, 0.25) is 5.91 Å². The molecule has 0 radical (unpaired) electrons. The summed E-state index contributed by atoms with van der Waals surface area (Å²) in [6.07, 6.45) is 3.48. The van der Waals surface area contributed by atoms with Crippen molar-refractivity contribution in [2.45, 2.75) is 6.92 Å². The summed E-state index contributed by atoms with van der Waals surface area (Å²) in [5, 5.41) is 17.8. The minimum Gasteiger partial charge on any atom is -0.367 e. The second-order valence-electron chi connectivity index (χ2n) is 3.64. The van der Waals surface area contributed by atoms with Gasteiger partial charge in [-0.05, 0) is 18.2 Å². The van der Waals surface area contributed by atoms with E-state index in [0.717, 1.165) is 0 Å². The van der Waals surface area contributed by atoms with Crippen LogP contribution >= 0.6 is 0 Å². The molecular formula is C11H14N6O. The molecule has 0 saturated carbocycles. The van der Waals surface area contributed by atoms with E-state index in [-0.39, 0.29) is 5.91 Å². The molecule has 7 nitrogen and oxygen atoms in total. The molecule has 2 aromatic heterocycles. The summed E-state index contributed by atoms with van der Waals surface area (Å²) in [6.45, 7) is 2.64. The number of carbonyl (C=O) groups is 1. The smallest absolute Gasteiger partial charge is 0.216 e. The molecule has 0 spiro atoms. The number of amides is 1. The number of anilines is 1. The number of carbonyl (C=O) groups excluding carboxylic acids is 1. The summed E-state index contributed by atoms with van der Waals surface area (Å²) in [4.78, 5) is 10.7. The van der Waals surface area contributed by atoms with Gasteiger partial charge in [-0.3, -0.25) is 4.79 Å². The Hall–Kier alpha value is -2.44. The first-order chi connectivity index (χ1) is 8.75. The molecule has 18 heavy (non-hydrogen) atoms. The van der Waals surface area contributed by atoms with Crippen molar-refractivity contribution in [1.29, 1.82) is 0 Å². The fraction of sp³-hybridized carbons (Fsp3) is 0.273. The van der Waals surface area contributed by atoms with Gasteiger partial charge < -0.3 is 10.6 Å². The van der Waals surface area contributed by atoms with E-state index in [2.05, 4.69) is 25.9 Å². The Morgan fingerprint density at radius 3 is 2.83 bits per heavy atom. The lowest BCUT2D eigenvalue weighted by Gasteiger charge is -2.05. The van der Waals surface area contributed by atoms with Gasteiger partial charge in [0.1, 0.15) is 5.82 Å². The largest absolute Gasteiger partial charge is 0.367 e. The normalized spacial score (nSPS) is 10.1. The highest BCUT2D eigenvalue weighted by Gasteiger charge is 1.99. The molecule has 0 unspecified atom stereocenters. The van der Waals surface area contributed by atoms with Crippen molar-refractivity contribution in [1.82, 2.24) is 25.3 Å². The second kappa shape index (κ2) is 5.76. The van der Waals surface area contributed by atoms with Crippen LogP contribution in [0.3, 0.4) is 0 Å². The molecule has 7 heteroatoms. The summed E-state index contributed by atoms with van der Waals surface area (Å²) in [5.74, 6) is 1.28. The van der Waals surface area contributed by atoms with Crippen LogP contribution in [0.15, 0.2) is 30.6 Å². The second-order valence-corrected chi connectivity index (χ2v) is 3.64. The molecule has 0 atom stereocenters. The first-order valence-corrected chi connectivity index (χ1v) is 5.58. The Morgan fingerprint density at radius 2 is 2.22 bits per heavy atom. The van der Waals surface area contributed by atoms with Crippen molar-refractivity contribution in [2.24, 2.45) is 0 Å². The summed E-state index contributed by atoms with van der Waals surface area (Å²) in [5.41, 5.74) is 0. The van der Waals surface area contributed by atoms with Crippen molar-refractivity contribution in [2.75, 3.05) is 18.4 Å². The quantitative estimate of drug-likeness (QED) is 0.737. The third-order valence-corrected chi connectivity index (χ3v) is 2.19. The number of rotatable bonds is 5. The zero-order valence-corrected chi connectivity index (χ0v) is 10.00. The van der Waals surface area contributed by atoms with E-state index >= 15 is 0 Å². The fourth-order valence-electron chi connectivity index (χ4n) is 1.38. The molecule has 94 valence electrons. The van der Waals surface area contributed by atoms with E-state index in [0.29, 0.717) is 24.7 Å². The van der Waals surface area contributed by atoms with E-state index < -0.39 is 0 Å². The fourth-order valence-corrected chi connectivity index (χ4v) is 1.38. The lowest BCUT2D eigenvalue weighted by molar-refractivity contribution is -0.118. The average molecular weight is 246 g/mol. The molecule has 0 bridgehead atoms. The van der Waals surface area contributed by atoms with Crippen molar-refractivity contribution < 1.29 is 4.79 Å². The highest BCUT2D eigenvalue weighted by molar-refractivity contribution is 5.72. The van der Waals surface area contributed by atoms with Gasteiger partial charge in [0.05, 0.1) is 0 Å². The molecule has 2 aromatic rings. The molecular weight excluding hydrogens is 232 g/mol. The Morgan fingerprint density at radius 1 is 1.33 bits per heavy atom. The van der Waals surface area contributed by atoms with Crippen LogP contribution in [0.25, 0.3) is 5.82 Å². The van der Waals surface area contributed by atoms with Crippen LogP contribution in [-0.2, 0) is 4.79 Å². The van der Waals surface area contributed by atoms with Crippen LogP contribution in [0.1, 0.15) is 6.92 Å². The van der Waals surface area contributed by atoms with Gasteiger partial charge in [-0.1, -0.05) is 0 Å². The molecule has 2 rings (SSSR count). The molecule has 0 fully saturated rings. The van der Waals surface area contributed by atoms with Gasteiger partial charge >= 0.3 is 0 Å². The first kappa shape index (κ1) is 12.0. The maximum atomic E-state index is 10.7. The van der Waals surface area contributed by atoms with Crippen LogP contribution in [0.2, 0.25) is 0 Å². The number of nitrogens with zero attached hydrogens (tertiary/aromatic N) is 4. The zero-order chi connectivity index (χ0) is 12.8. The minimum atomic E-state index is -0.0445. The Kier molecular flexibility index (Phi) is 3.85. The molecule has 2 N–H and O–H groups in total. The Labute approximate surface area is 104 Å². The van der Waals surface area contributed by atoms with Gasteiger partial charge in [-0.2, -0.15) is 5.10 Å². The zero-order valence-electron chi connectivity index (χ0n) is 10.00. The Bertz CT molecular complexity index is 493. The van der Waals surface area contributed by atoms with Crippen molar-refractivity contribution >= 4 is 11.7 Å². The first-order valence-electron chi connectivity index (χ1n) is 5.58. The molecule has 0 aliphatic heterocycles. The topological polar surface area (TPSA) is 84.7 Å². The van der Waals surface area contributed by atoms with Crippen LogP contribution in [-0.4, -0.2) is 39.0 Å². The van der Waals surface area contributed by atoms with Gasteiger partial charge in [0, 0.05) is 32.4 Å². The maximum absolute atomic E-state index is 10.7. The highest BCUT2D eigenvalue weighted by atomic mass is 16.1. The molecule has 2 heterocycles. The van der Waals surface area contributed by atoms with E-state index in [1.165, 1.54) is 6.92 Å². The van der Waals surface area contributed by atoms with Crippen molar-refractivity contribution in [3.8, 4) is 5.82 Å². The molecule has 0 saturated heterocycles. The van der Waals surface area contributed by atoms with E-state index in [1.807, 2.05) is 18.2 Å². The van der Waals surface area contributed by atoms with Gasteiger partial charge in [-0.15, -0.1) is 10.2 Å². The Balaban J connectivity index is 1.86. The minimum absolute atomic E-state index is 0.0445. The molecule has 0 aromatic carbocycles. The molecule has 1 amide bonds. The predicted octanol–water partition coefficient (Wildman–Crippen LogP) is 0.210. The lowest BCUT2D eigenvalue weighted by atomic mass is 10.5. The van der Waals surface area contributed by atoms with E-state index in [9.17, 15) is 4.79 Å². The summed E-state index contributed by atoms with van der Waals surface area (Å²) >= 11 is 0. The predicted molar refractivity (Wildman–Crippen MR) is 66.3 cm³/mol. The van der Waals surface area contributed by atoms with Crippen molar-refractivity contribution in [3.63, 3.8) is 0 Å². The number of hydrogen-bond donors (Lipinski definition) is 2. The van der Waals surface area contributed by atoms with E-state index in [4.69, 9.17) is 0 Å². The average Bonchev–Trinajstić information content (AvgIpc) is 2.89. The van der Waals surface area contributed by atoms with Crippen LogP contribution in [0.4, 0.5) is 5.82 Å². The summed E-state index contributed by atoms with van der Waals surface area (Å²) in [6, 6.07) is 5.46. The number of hydrogen-bond acceptors (Lipinski definition) is 5. The third-order valence-electron chi connectivity index (χ3n) is 2.19. The van der Waals surface area contributed by atoms with E-state index in [1.54, 1.807) is 17.1 Å². The van der Waals surface area contributed by atoms with Crippen LogP contribution < -0.4 is 10.6 Å². The monoisotopic (exact) mass is 246 g/mol.